The molecule has 1 N–H and O–H groups in total. The van der Waals surface area contributed by atoms with Crippen LogP contribution >= 0.6 is 11.3 Å². The molecule has 1 aromatic heterocycles. The van der Waals surface area contributed by atoms with Crippen molar-refractivity contribution in [2.24, 2.45) is 11.3 Å². The van der Waals surface area contributed by atoms with Gasteiger partial charge in [0.25, 0.3) is 0 Å². The summed E-state index contributed by atoms with van der Waals surface area (Å²) in [7, 11) is 0. The molecule has 2 unspecified atom stereocenters. The number of nitrogens with zero attached hydrogens (tertiary/aromatic N) is 1. The van der Waals surface area contributed by atoms with Crippen LogP contribution in [-0.4, -0.2) is 30.8 Å². The monoisotopic (exact) mass is 296 g/mol. The third-order valence-electron chi connectivity index (χ3n) is 4.55. The highest BCUT2D eigenvalue weighted by molar-refractivity contribution is 7.09. The first-order chi connectivity index (χ1) is 9.53. The van der Waals surface area contributed by atoms with Gasteiger partial charge in [0, 0.05) is 23.4 Å². The molecule has 1 aliphatic rings. The molecule has 114 valence electrons. The molecule has 1 fully saturated rings. The van der Waals surface area contributed by atoms with Gasteiger partial charge in [-0.15, -0.1) is 11.3 Å². The van der Waals surface area contributed by atoms with Gasteiger partial charge in [-0.05, 0) is 45.6 Å². The number of aryl methyl sites for hydroxylation is 2. The van der Waals surface area contributed by atoms with Crippen molar-refractivity contribution in [3.05, 3.63) is 16.1 Å². The fourth-order valence-electron chi connectivity index (χ4n) is 3.01. The maximum Gasteiger partial charge on any atom is 0.0797 e. The molecule has 1 aromatic rings. The quantitative estimate of drug-likeness (QED) is 0.837. The minimum Gasteiger partial charge on any atom is -0.378 e. The first-order valence-corrected chi connectivity index (χ1v) is 8.63. The zero-order chi connectivity index (χ0) is 14.6. The molecule has 0 saturated carbocycles. The van der Waals surface area contributed by atoms with Gasteiger partial charge in [-0.25, -0.2) is 4.98 Å². The number of hydrogen-bond donors (Lipinski definition) is 1. The Morgan fingerprint density at radius 1 is 1.55 bits per heavy atom. The molecule has 0 radical (unpaired) electrons. The predicted octanol–water partition coefficient (Wildman–Crippen LogP) is 3.42. The first-order valence-electron chi connectivity index (χ1n) is 7.75. The van der Waals surface area contributed by atoms with Crippen LogP contribution in [0, 0.1) is 18.3 Å². The Balaban J connectivity index is 1.95. The summed E-state index contributed by atoms with van der Waals surface area (Å²) in [5.74, 6) is 0.702. The Morgan fingerprint density at radius 2 is 2.35 bits per heavy atom. The number of aromatic nitrogens is 1. The van der Waals surface area contributed by atoms with Crippen molar-refractivity contribution < 1.29 is 4.74 Å². The van der Waals surface area contributed by atoms with Gasteiger partial charge in [0.1, 0.15) is 0 Å². The Labute approximate surface area is 127 Å². The first kappa shape index (κ1) is 15.9. The Kier molecular flexibility index (Phi) is 5.58. The molecule has 1 aliphatic heterocycles. The second-order valence-electron chi connectivity index (χ2n) is 6.51. The van der Waals surface area contributed by atoms with Crippen molar-refractivity contribution in [3.8, 4) is 0 Å². The summed E-state index contributed by atoms with van der Waals surface area (Å²) in [6.45, 7) is 11.9. The minimum absolute atomic E-state index is 0.297. The predicted molar refractivity (Wildman–Crippen MR) is 85.3 cm³/mol. The molecule has 0 bridgehead atoms. The number of ether oxygens (including phenoxy) is 1. The van der Waals surface area contributed by atoms with Gasteiger partial charge in [0.15, 0.2) is 0 Å². The second kappa shape index (κ2) is 7.01. The zero-order valence-electron chi connectivity index (χ0n) is 13.2. The van der Waals surface area contributed by atoms with Crippen LogP contribution in [0.25, 0.3) is 0 Å². The summed E-state index contributed by atoms with van der Waals surface area (Å²) in [6, 6.07) is 0. The molecule has 20 heavy (non-hydrogen) atoms. The third kappa shape index (κ3) is 3.80. The summed E-state index contributed by atoms with van der Waals surface area (Å²) >= 11 is 1.79. The average molecular weight is 296 g/mol. The normalized spacial score (nSPS) is 26.6. The lowest BCUT2D eigenvalue weighted by atomic mass is 9.77. The smallest absolute Gasteiger partial charge is 0.0797 e. The lowest BCUT2D eigenvalue weighted by Gasteiger charge is -2.33. The van der Waals surface area contributed by atoms with Crippen LogP contribution in [0.5, 0.6) is 0 Å². The third-order valence-corrected chi connectivity index (χ3v) is 5.55. The molecule has 4 heteroatoms. The average Bonchev–Trinajstić information content (AvgIpc) is 2.94. The van der Waals surface area contributed by atoms with Crippen LogP contribution < -0.4 is 5.32 Å². The van der Waals surface area contributed by atoms with E-state index in [9.17, 15) is 0 Å². The van der Waals surface area contributed by atoms with Crippen molar-refractivity contribution in [2.45, 2.75) is 53.1 Å². The van der Waals surface area contributed by atoms with Gasteiger partial charge in [0.05, 0.1) is 17.3 Å². The van der Waals surface area contributed by atoms with E-state index >= 15 is 0 Å². The minimum atomic E-state index is 0.297. The van der Waals surface area contributed by atoms with Crippen LogP contribution in [0.1, 0.15) is 44.2 Å². The molecule has 2 atom stereocenters. The van der Waals surface area contributed by atoms with Crippen LogP contribution in [-0.2, 0) is 11.2 Å². The molecule has 2 rings (SSSR count). The van der Waals surface area contributed by atoms with E-state index in [-0.39, 0.29) is 0 Å². The van der Waals surface area contributed by atoms with Crippen molar-refractivity contribution in [2.75, 3.05) is 19.7 Å². The number of rotatable bonds is 7. The highest BCUT2D eigenvalue weighted by atomic mass is 32.1. The van der Waals surface area contributed by atoms with Gasteiger partial charge in [0.2, 0.25) is 0 Å². The van der Waals surface area contributed by atoms with E-state index in [2.05, 4.69) is 38.0 Å². The van der Waals surface area contributed by atoms with Crippen LogP contribution in [0.4, 0.5) is 0 Å². The van der Waals surface area contributed by atoms with Crippen molar-refractivity contribution in [1.82, 2.24) is 10.3 Å². The number of hydrogen-bond acceptors (Lipinski definition) is 4. The van der Waals surface area contributed by atoms with Gasteiger partial charge in [-0.2, -0.15) is 0 Å². The Morgan fingerprint density at radius 3 is 2.90 bits per heavy atom. The molecule has 0 aromatic carbocycles. The van der Waals surface area contributed by atoms with E-state index in [0.29, 0.717) is 17.4 Å². The lowest BCUT2D eigenvalue weighted by molar-refractivity contribution is 0.0584. The molecule has 3 nitrogen and oxygen atoms in total. The molecule has 1 saturated heterocycles. The fourth-order valence-corrected chi connectivity index (χ4v) is 3.79. The van der Waals surface area contributed by atoms with Gasteiger partial charge in [-0.3, -0.25) is 0 Å². The van der Waals surface area contributed by atoms with Crippen molar-refractivity contribution >= 4 is 11.3 Å². The molecule has 0 amide bonds. The number of thiazole rings is 1. The topological polar surface area (TPSA) is 34.2 Å². The van der Waals surface area contributed by atoms with Gasteiger partial charge >= 0.3 is 0 Å². The summed E-state index contributed by atoms with van der Waals surface area (Å²) in [6.07, 6.45) is 3.86. The van der Waals surface area contributed by atoms with E-state index in [4.69, 9.17) is 4.74 Å². The summed E-state index contributed by atoms with van der Waals surface area (Å²) in [4.78, 5) is 5.80. The van der Waals surface area contributed by atoms with Crippen molar-refractivity contribution in [3.63, 3.8) is 0 Å². The van der Waals surface area contributed by atoms with Crippen LogP contribution in [0.2, 0.25) is 0 Å². The molecular formula is C16H28N2OS. The molecule has 0 aliphatic carbocycles. The van der Waals surface area contributed by atoms with E-state index in [1.54, 1.807) is 11.3 Å². The second-order valence-corrected chi connectivity index (χ2v) is 7.45. The molecule has 0 spiro atoms. The van der Waals surface area contributed by atoms with Crippen LogP contribution in [0.3, 0.4) is 0 Å². The number of nitrogens with one attached hydrogen (secondary N) is 1. The summed E-state index contributed by atoms with van der Waals surface area (Å²) in [5, 5.41) is 3.65. The highest BCUT2D eigenvalue weighted by Gasteiger charge is 2.40. The molecular weight excluding hydrogens is 268 g/mol. The van der Waals surface area contributed by atoms with Gasteiger partial charge < -0.3 is 10.1 Å². The lowest BCUT2D eigenvalue weighted by Crippen LogP contribution is -2.41. The standard InChI is InChI=1S/C16H28N2OS/c1-12(2)9-17-10-16(7-8-19-14(16)4)6-5-15-13(3)18-11-20-15/h11-12,14,17H,5-10H2,1-4H3. The maximum absolute atomic E-state index is 5.87. The fraction of sp³-hybridized carbons (Fsp3) is 0.812. The largest absolute Gasteiger partial charge is 0.378 e. The maximum atomic E-state index is 5.87. The van der Waals surface area contributed by atoms with E-state index in [0.717, 1.165) is 26.1 Å². The van der Waals surface area contributed by atoms with E-state index < -0.39 is 0 Å². The highest BCUT2D eigenvalue weighted by Crippen LogP contribution is 2.39. The Hall–Kier alpha value is -0.450. The zero-order valence-corrected chi connectivity index (χ0v) is 14.1. The SMILES string of the molecule is Cc1ncsc1CCC1(CNCC(C)C)CCOC1C. The van der Waals surface area contributed by atoms with Crippen molar-refractivity contribution in [1.29, 1.82) is 0 Å². The van der Waals surface area contributed by atoms with Gasteiger partial charge in [-0.1, -0.05) is 13.8 Å². The van der Waals surface area contributed by atoms with Crippen LogP contribution in [0.15, 0.2) is 5.51 Å². The molecule has 2 heterocycles. The Bertz CT molecular complexity index is 418. The summed E-state index contributed by atoms with van der Waals surface area (Å²) < 4.78 is 5.87. The summed E-state index contributed by atoms with van der Waals surface area (Å²) in [5.41, 5.74) is 3.46. The van der Waals surface area contributed by atoms with E-state index in [1.165, 1.54) is 23.4 Å². The van der Waals surface area contributed by atoms with E-state index in [1.807, 2.05) is 5.51 Å².